The lowest BCUT2D eigenvalue weighted by molar-refractivity contribution is -0.137. The molecular weight excluding hydrogens is 587 g/mol. The summed E-state index contributed by atoms with van der Waals surface area (Å²) in [4.78, 5) is 33.2. The summed E-state index contributed by atoms with van der Waals surface area (Å²) in [5.74, 6) is 1.45. The van der Waals surface area contributed by atoms with Gasteiger partial charge in [0.05, 0.1) is 17.5 Å². The summed E-state index contributed by atoms with van der Waals surface area (Å²) < 4.78 is 55.2. The molecule has 1 saturated heterocycles. The molecule has 4 heterocycles. The fourth-order valence-electron chi connectivity index (χ4n) is 6.97. The van der Waals surface area contributed by atoms with Crippen molar-refractivity contribution in [2.24, 2.45) is 0 Å². The van der Waals surface area contributed by atoms with Crippen molar-refractivity contribution in [3.8, 4) is 17.2 Å². The molecule has 0 radical (unpaired) electrons. The second kappa shape index (κ2) is 10.6. The van der Waals surface area contributed by atoms with E-state index in [4.69, 9.17) is 9.47 Å². The molecule has 236 valence electrons. The summed E-state index contributed by atoms with van der Waals surface area (Å²) >= 11 is 0. The lowest BCUT2D eigenvalue weighted by atomic mass is 10.0. The second-order valence-corrected chi connectivity index (χ2v) is 12.6. The van der Waals surface area contributed by atoms with Gasteiger partial charge < -0.3 is 29.9 Å². The van der Waals surface area contributed by atoms with E-state index in [0.29, 0.717) is 49.0 Å². The summed E-state index contributed by atoms with van der Waals surface area (Å²) in [6.45, 7) is 2.91. The number of carbonyl (C=O) groups is 2. The quantitative estimate of drug-likeness (QED) is 0.383. The van der Waals surface area contributed by atoms with Crippen LogP contribution in [0.1, 0.15) is 59.2 Å². The fraction of sp³-hybridized carbons (Fsp3) is 0.424. The third kappa shape index (κ3) is 5.24. The van der Waals surface area contributed by atoms with E-state index in [-0.39, 0.29) is 29.1 Å². The van der Waals surface area contributed by atoms with Crippen LogP contribution in [0.25, 0.3) is 0 Å². The molecule has 3 aromatic rings. The summed E-state index contributed by atoms with van der Waals surface area (Å²) in [5.41, 5.74) is 0.188. The molecule has 4 atom stereocenters. The first-order chi connectivity index (χ1) is 21.4. The Hall–Kier alpha value is -4.32. The number of benzene rings is 2. The molecule has 7 rings (SSSR count). The monoisotopic (exact) mass is 621 g/mol. The molecule has 1 saturated carbocycles. The minimum absolute atomic E-state index is 0.0484. The van der Waals surface area contributed by atoms with E-state index in [1.165, 1.54) is 12.1 Å². The molecule has 45 heavy (non-hydrogen) atoms. The molecule has 2 amide bonds. The zero-order valence-electron chi connectivity index (χ0n) is 25.2. The maximum absolute atomic E-state index is 14.3. The highest BCUT2D eigenvalue weighted by molar-refractivity contribution is 5.96. The highest BCUT2D eigenvalue weighted by atomic mass is 19.4. The van der Waals surface area contributed by atoms with Gasteiger partial charge in [-0.1, -0.05) is 0 Å². The first-order valence-corrected chi connectivity index (χ1v) is 15.1. The minimum atomic E-state index is -4.61. The number of pyridine rings is 1. The Kier molecular flexibility index (Phi) is 6.95. The van der Waals surface area contributed by atoms with Crippen LogP contribution in [-0.2, 0) is 17.4 Å². The zero-order chi connectivity index (χ0) is 31.7. The average Bonchev–Trinajstić information content (AvgIpc) is 3.43. The van der Waals surface area contributed by atoms with Crippen molar-refractivity contribution >= 4 is 23.3 Å². The number of fused-ring (bicyclic) bond motifs is 4. The molecule has 2 aromatic carbocycles. The second-order valence-electron chi connectivity index (χ2n) is 12.6. The van der Waals surface area contributed by atoms with Crippen LogP contribution in [0.5, 0.6) is 17.2 Å². The molecule has 3 aliphatic heterocycles. The van der Waals surface area contributed by atoms with Gasteiger partial charge in [0.15, 0.2) is 0 Å². The molecule has 0 spiro atoms. The van der Waals surface area contributed by atoms with Crippen LogP contribution in [0.4, 0.5) is 24.7 Å². The third-order valence-corrected chi connectivity index (χ3v) is 9.52. The van der Waals surface area contributed by atoms with Crippen molar-refractivity contribution in [2.45, 2.75) is 62.4 Å². The van der Waals surface area contributed by atoms with Gasteiger partial charge in [0, 0.05) is 54.1 Å². The van der Waals surface area contributed by atoms with E-state index in [2.05, 4.69) is 15.6 Å². The van der Waals surface area contributed by atoms with Gasteiger partial charge in [0.1, 0.15) is 28.7 Å². The van der Waals surface area contributed by atoms with Crippen LogP contribution in [0.2, 0.25) is 0 Å². The molecule has 1 aliphatic carbocycles. The molecular formula is C33H34F3N5O4. The van der Waals surface area contributed by atoms with Gasteiger partial charge in [0.2, 0.25) is 5.91 Å². The van der Waals surface area contributed by atoms with Crippen LogP contribution >= 0.6 is 0 Å². The minimum Gasteiger partial charge on any atom is -0.484 e. The largest absolute Gasteiger partial charge is 0.484 e. The number of hydrogen-bond acceptors (Lipinski definition) is 7. The van der Waals surface area contributed by atoms with Crippen molar-refractivity contribution in [1.82, 2.24) is 15.2 Å². The number of alkyl halides is 3. The van der Waals surface area contributed by atoms with E-state index < -0.39 is 29.3 Å². The van der Waals surface area contributed by atoms with E-state index in [1.807, 2.05) is 38.1 Å². The standard InChI is InChI=1S/C33H34F3N5O4/c1-32-28(22-16-20(7-10-26(22)45-32)44-25-12-13-37-30-21(25)8-11-27(42)38-30)29(32)39-31(43)18-6-9-24(23(15-18)33(34,35)36)41-14-4-5-19(17-41)40(2)3/h6-7,9-10,12-13,15-16,19,28-29H,4-5,8,11,14,17H2,1-3H3,(H,39,43)(H,37,38,42)/t19-,28-,29-,32?/m0/s1. The number of halogens is 3. The van der Waals surface area contributed by atoms with Crippen LogP contribution < -0.4 is 25.0 Å². The van der Waals surface area contributed by atoms with E-state index in [1.54, 1.807) is 23.2 Å². The first kappa shape index (κ1) is 29.4. The molecule has 2 fully saturated rings. The Morgan fingerprint density at radius 2 is 2.00 bits per heavy atom. The van der Waals surface area contributed by atoms with Crippen LogP contribution in [0.3, 0.4) is 0 Å². The highest BCUT2D eigenvalue weighted by Crippen LogP contribution is 2.62. The van der Waals surface area contributed by atoms with Crippen LogP contribution in [0, 0.1) is 0 Å². The Morgan fingerprint density at radius 3 is 2.78 bits per heavy atom. The van der Waals surface area contributed by atoms with Crippen LogP contribution in [-0.4, -0.2) is 66.6 Å². The number of rotatable bonds is 6. The average molecular weight is 622 g/mol. The topological polar surface area (TPSA) is 96.0 Å². The number of nitrogens with zero attached hydrogens (tertiary/aromatic N) is 3. The smallest absolute Gasteiger partial charge is 0.418 e. The van der Waals surface area contributed by atoms with E-state index in [0.717, 1.165) is 30.0 Å². The Morgan fingerprint density at radius 1 is 1.18 bits per heavy atom. The number of aromatic nitrogens is 1. The van der Waals surface area contributed by atoms with Gasteiger partial charge in [-0.3, -0.25) is 9.59 Å². The molecule has 1 unspecified atom stereocenters. The Balaban J connectivity index is 1.08. The number of likely N-dealkylation sites (N-methyl/N-ethyl adjacent to an activating group) is 1. The van der Waals surface area contributed by atoms with Gasteiger partial charge in [-0.15, -0.1) is 0 Å². The van der Waals surface area contributed by atoms with Crippen molar-refractivity contribution in [1.29, 1.82) is 0 Å². The van der Waals surface area contributed by atoms with Gasteiger partial charge in [0.25, 0.3) is 5.91 Å². The summed E-state index contributed by atoms with van der Waals surface area (Å²) in [7, 11) is 3.87. The number of amides is 2. The lowest BCUT2D eigenvalue weighted by Gasteiger charge is -2.38. The molecule has 9 nitrogen and oxygen atoms in total. The molecule has 4 aliphatic rings. The number of hydrogen-bond donors (Lipinski definition) is 2. The van der Waals surface area contributed by atoms with Gasteiger partial charge in [-0.25, -0.2) is 4.98 Å². The third-order valence-electron chi connectivity index (χ3n) is 9.52. The number of piperidine rings is 1. The van der Waals surface area contributed by atoms with Crippen molar-refractivity contribution in [3.05, 3.63) is 70.9 Å². The number of ether oxygens (including phenoxy) is 2. The summed E-state index contributed by atoms with van der Waals surface area (Å²) in [6, 6.07) is 10.8. The normalized spacial score (nSPS) is 25.1. The predicted octanol–water partition coefficient (Wildman–Crippen LogP) is 5.35. The molecule has 1 aromatic heterocycles. The fourth-order valence-corrected chi connectivity index (χ4v) is 6.97. The number of carbonyl (C=O) groups excluding carboxylic acids is 2. The highest BCUT2D eigenvalue weighted by Gasteiger charge is 2.70. The SMILES string of the molecule is CN(C)[C@H]1CCCN(c2ccc(C(=O)N[C@H]3[C@@H]4c5cc(Oc6ccnc7c6CCC(=O)N7)ccc5OC34C)cc2C(F)(F)F)C1. The lowest BCUT2D eigenvalue weighted by Crippen LogP contribution is -2.45. The Bertz CT molecular complexity index is 1700. The molecule has 0 bridgehead atoms. The van der Waals surface area contributed by atoms with Gasteiger partial charge >= 0.3 is 6.18 Å². The van der Waals surface area contributed by atoms with Crippen molar-refractivity contribution in [3.63, 3.8) is 0 Å². The molecule has 2 N–H and O–H groups in total. The van der Waals surface area contributed by atoms with Crippen molar-refractivity contribution < 1.29 is 32.2 Å². The maximum atomic E-state index is 14.3. The number of nitrogens with one attached hydrogen (secondary N) is 2. The van der Waals surface area contributed by atoms with E-state index in [9.17, 15) is 22.8 Å². The zero-order valence-corrected chi connectivity index (χ0v) is 25.2. The number of anilines is 2. The van der Waals surface area contributed by atoms with Crippen molar-refractivity contribution in [2.75, 3.05) is 37.4 Å². The Labute approximate surface area is 258 Å². The van der Waals surface area contributed by atoms with E-state index >= 15 is 0 Å². The maximum Gasteiger partial charge on any atom is 0.418 e. The predicted molar refractivity (Wildman–Crippen MR) is 161 cm³/mol. The molecule has 12 heteroatoms. The summed E-state index contributed by atoms with van der Waals surface area (Å²) in [6.07, 6.45) is -0.464. The summed E-state index contributed by atoms with van der Waals surface area (Å²) in [5, 5.41) is 5.69. The first-order valence-electron chi connectivity index (χ1n) is 15.1. The van der Waals surface area contributed by atoms with Crippen LogP contribution in [0.15, 0.2) is 48.7 Å². The van der Waals surface area contributed by atoms with Gasteiger partial charge in [-0.05, 0) is 82.7 Å². The van der Waals surface area contributed by atoms with Gasteiger partial charge in [-0.2, -0.15) is 13.2 Å².